The number of carbonyl (C=O) groups excluding carboxylic acids is 1. The van der Waals surface area contributed by atoms with E-state index in [-0.39, 0.29) is 12.5 Å². The van der Waals surface area contributed by atoms with Gasteiger partial charge in [-0.15, -0.1) is 11.6 Å². The van der Waals surface area contributed by atoms with Crippen LogP contribution in [0.25, 0.3) is 4.85 Å². The first kappa shape index (κ1) is 10.5. The van der Waals surface area contributed by atoms with E-state index < -0.39 is 11.0 Å². The Morgan fingerprint density at radius 1 is 1.82 bits per heavy atom. The van der Waals surface area contributed by atoms with Crippen LogP contribution in [0.15, 0.2) is 0 Å². The van der Waals surface area contributed by atoms with Gasteiger partial charge in [0, 0.05) is 0 Å². The van der Waals surface area contributed by atoms with Gasteiger partial charge in [0.1, 0.15) is 5.88 Å². The largest absolute Gasteiger partial charge is 0.459 e. The lowest BCUT2D eigenvalue weighted by atomic mass is 10.3. The number of carbonyl (C=O) groups is 1. The molecule has 0 spiro atoms. The molecule has 3 nitrogen and oxygen atoms in total. The van der Waals surface area contributed by atoms with Crippen LogP contribution in [0.5, 0.6) is 0 Å². The van der Waals surface area contributed by atoms with Gasteiger partial charge in [-0.3, -0.25) is 4.85 Å². The Bertz CT molecular complexity index is 190. The maximum atomic E-state index is 10.9. The van der Waals surface area contributed by atoms with Crippen molar-refractivity contribution < 1.29 is 9.53 Å². The minimum absolute atomic E-state index is 0.194. The van der Waals surface area contributed by atoms with E-state index in [4.69, 9.17) is 29.8 Å². The summed E-state index contributed by atoms with van der Waals surface area (Å²) in [5.41, 5.74) is 0. The van der Waals surface area contributed by atoms with Crippen LogP contribution in [0.4, 0.5) is 0 Å². The molecule has 0 amide bonds. The Kier molecular flexibility index (Phi) is 4.24. The Balaban J connectivity index is 4.28. The first-order valence-corrected chi connectivity index (χ1v) is 3.82. The topological polar surface area (TPSA) is 30.7 Å². The third kappa shape index (κ3) is 2.57. The molecule has 0 aromatic carbocycles. The summed E-state index contributed by atoms with van der Waals surface area (Å²) in [5, 5.41) is 0. The molecule has 0 N–H and O–H groups in total. The molecule has 0 aromatic heterocycles. The maximum absolute atomic E-state index is 10.9. The number of alkyl halides is 2. The SMILES string of the molecule is [C-]#[N+]C(Cl)(CCl)C(=O)OCC. The standard InChI is InChI=1S/C6H7Cl2NO2/c1-3-11-5(10)6(8,4-7)9-2/h3-4H2,1H3. The third-order valence-corrected chi connectivity index (χ3v) is 1.84. The van der Waals surface area contributed by atoms with Gasteiger partial charge in [0.25, 0.3) is 0 Å². The van der Waals surface area contributed by atoms with Gasteiger partial charge in [-0.1, -0.05) is 0 Å². The maximum Gasteiger partial charge on any atom is 0.414 e. The summed E-state index contributed by atoms with van der Waals surface area (Å²) in [7, 11) is 0. The second kappa shape index (κ2) is 4.42. The number of esters is 1. The molecule has 0 fully saturated rings. The molecule has 0 heterocycles. The zero-order valence-corrected chi connectivity index (χ0v) is 7.45. The van der Waals surface area contributed by atoms with Crippen molar-refractivity contribution >= 4 is 29.2 Å². The van der Waals surface area contributed by atoms with E-state index in [0.29, 0.717) is 0 Å². The predicted octanol–water partition coefficient (Wildman–Crippen LogP) is 1.64. The minimum Gasteiger partial charge on any atom is -0.459 e. The highest BCUT2D eigenvalue weighted by Gasteiger charge is 2.44. The monoisotopic (exact) mass is 195 g/mol. The van der Waals surface area contributed by atoms with Gasteiger partial charge in [-0.25, -0.2) is 11.4 Å². The summed E-state index contributed by atoms with van der Waals surface area (Å²) in [6.45, 7) is 8.40. The van der Waals surface area contributed by atoms with Gasteiger partial charge < -0.3 is 4.74 Å². The van der Waals surface area contributed by atoms with Crippen molar-refractivity contribution in [1.82, 2.24) is 0 Å². The van der Waals surface area contributed by atoms with Crippen LogP contribution in [0.3, 0.4) is 0 Å². The van der Waals surface area contributed by atoms with E-state index in [1.165, 1.54) is 0 Å². The summed E-state index contributed by atoms with van der Waals surface area (Å²) in [5.74, 6) is -1.05. The number of hydrogen-bond donors (Lipinski definition) is 0. The Hall–Kier alpha value is -0.460. The highest BCUT2D eigenvalue weighted by molar-refractivity contribution is 6.40. The summed E-state index contributed by atoms with van der Waals surface area (Å²) in [6, 6.07) is 0. The number of halogens is 2. The normalized spacial score (nSPS) is 14.7. The molecule has 0 radical (unpaired) electrons. The van der Waals surface area contributed by atoms with Crippen LogP contribution in [-0.4, -0.2) is 23.5 Å². The second-order valence-electron chi connectivity index (χ2n) is 1.73. The molecule has 0 bridgehead atoms. The van der Waals surface area contributed by atoms with Gasteiger partial charge in [0.15, 0.2) is 0 Å². The molecule has 1 atom stereocenters. The molecule has 0 rings (SSSR count). The van der Waals surface area contributed by atoms with E-state index in [2.05, 4.69) is 9.58 Å². The summed E-state index contributed by atoms with van der Waals surface area (Å²) < 4.78 is 4.52. The lowest BCUT2D eigenvalue weighted by Crippen LogP contribution is -2.32. The molecule has 0 aliphatic heterocycles. The van der Waals surface area contributed by atoms with E-state index in [1.54, 1.807) is 6.92 Å². The van der Waals surface area contributed by atoms with Gasteiger partial charge in [-0.05, 0) is 18.5 Å². The van der Waals surface area contributed by atoms with Crippen molar-refractivity contribution in [1.29, 1.82) is 0 Å². The van der Waals surface area contributed by atoms with Gasteiger partial charge in [-0.2, -0.15) is 0 Å². The number of nitrogens with zero attached hydrogens (tertiary/aromatic N) is 1. The lowest BCUT2D eigenvalue weighted by molar-refractivity contribution is -0.144. The summed E-state index contributed by atoms with van der Waals surface area (Å²) in [6.07, 6.45) is 0. The fraction of sp³-hybridized carbons (Fsp3) is 0.667. The molecule has 0 saturated heterocycles. The third-order valence-electron chi connectivity index (χ3n) is 0.943. The number of ether oxygens (including phenoxy) is 1. The highest BCUT2D eigenvalue weighted by Crippen LogP contribution is 2.20. The Morgan fingerprint density at radius 2 is 2.36 bits per heavy atom. The molecule has 0 aliphatic rings. The van der Waals surface area contributed by atoms with E-state index in [1.807, 2.05) is 0 Å². The average molecular weight is 196 g/mol. The summed E-state index contributed by atoms with van der Waals surface area (Å²) >= 11 is 10.8. The van der Waals surface area contributed by atoms with Crippen molar-refractivity contribution in [2.45, 2.75) is 11.9 Å². The van der Waals surface area contributed by atoms with E-state index >= 15 is 0 Å². The van der Waals surface area contributed by atoms with E-state index in [0.717, 1.165) is 0 Å². The molecule has 0 saturated carbocycles. The predicted molar refractivity (Wildman–Crippen MR) is 42.5 cm³/mol. The molecule has 62 valence electrons. The molecular formula is C6H7Cl2NO2. The van der Waals surface area contributed by atoms with Gasteiger partial charge in [0.05, 0.1) is 6.61 Å². The smallest absolute Gasteiger partial charge is 0.414 e. The fourth-order valence-electron chi connectivity index (χ4n) is 0.372. The summed E-state index contributed by atoms with van der Waals surface area (Å²) in [4.78, 5) is 12.0. The Morgan fingerprint density at radius 3 is 2.64 bits per heavy atom. The van der Waals surface area contributed by atoms with Crippen molar-refractivity contribution in [2.75, 3.05) is 12.5 Å². The molecule has 0 aliphatic carbocycles. The Labute approximate surface area is 75.0 Å². The van der Waals surface area contributed by atoms with Crippen LogP contribution < -0.4 is 0 Å². The van der Waals surface area contributed by atoms with Crippen LogP contribution >= 0.6 is 23.2 Å². The van der Waals surface area contributed by atoms with Crippen LogP contribution in [0, 0.1) is 6.57 Å². The fourth-order valence-corrected chi connectivity index (χ4v) is 0.595. The van der Waals surface area contributed by atoms with Crippen LogP contribution in [-0.2, 0) is 9.53 Å². The molecule has 11 heavy (non-hydrogen) atoms. The van der Waals surface area contributed by atoms with Crippen molar-refractivity contribution in [3.63, 3.8) is 0 Å². The molecular weight excluding hydrogens is 189 g/mol. The van der Waals surface area contributed by atoms with Gasteiger partial charge >= 0.3 is 11.0 Å². The minimum atomic E-state index is -1.74. The lowest BCUT2D eigenvalue weighted by Gasteiger charge is -2.08. The van der Waals surface area contributed by atoms with Crippen molar-refractivity contribution in [3.05, 3.63) is 11.4 Å². The highest BCUT2D eigenvalue weighted by atomic mass is 35.5. The molecule has 1 unspecified atom stereocenters. The van der Waals surface area contributed by atoms with Crippen molar-refractivity contribution in [3.8, 4) is 0 Å². The molecule has 0 aromatic rings. The van der Waals surface area contributed by atoms with Crippen LogP contribution in [0.2, 0.25) is 0 Å². The van der Waals surface area contributed by atoms with Crippen LogP contribution in [0.1, 0.15) is 6.92 Å². The first-order valence-electron chi connectivity index (χ1n) is 2.91. The number of hydrogen-bond acceptors (Lipinski definition) is 2. The number of rotatable bonds is 3. The van der Waals surface area contributed by atoms with Crippen molar-refractivity contribution in [2.24, 2.45) is 0 Å². The molecule has 5 heteroatoms. The zero-order chi connectivity index (χ0) is 8.91. The second-order valence-corrected chi connectivity index (χ2v) is 2.62. The quantitative estimate of drug-likeness (QED) is 0.297. The van der Waals surface area contributed by atoms with Gasteiger partial charge in [0.2, 0.25) is 0 Å². The zero-order valence-electron chi connectivity index (χ0n) is 5.93. The first-order chi connectivity index (χ1) is 5.10. The average Bonchev–Trinajstić information content (AvgIpc) is 2.03. The van der Waals surface area contributed by atoms with E-state index in [9.17, 15) is 4.79 Å².